The highest BCUT2D eigenvalue weighted by molar-refractivity contribution is 7.90. The number of hydrogen-bond donors (Lipinski definition) is 0. The molecule has 2 aliphatic rings. The average molecular weight is 396 g/mol. The number of hydrogen-bond acceptors (Lipinski definition) is 5. The largest absolute Gasteiger partial charge is 0.256 e. The monoisotopic (exact) mass is 395 g/mol. The zero-order valence-corrected chi connectivity index (χ0v) is 15.0. The molecule has 1 aromatic carbocycles. The second-order valence-corrected chi connectivity index (χ2v) is 8.03. The summed E-state index contributed by atoms with van der Waals surface area (Å²) >= 11 is 12.0. The highest BCUT2D eigenvalue weighted by atomic mass is 35.5. The van der Waals surface area contributed by atoms with Crippen LogP contribution in [-0.4, -0.2) is 46.5 Å². The normalized spacial score (nSPS) is 19.0. The molecular formula is C15H11Cl2N5O2S. The lowest BCUT2D eigenvalue weighted by Gasteiger charge is -2.28. The first-order chi connectivity index (χ1) is 11.9. The van der Waals surface area contributed by atoms with Gasteiger partial charge in [-0.2, -0.15) is 10.2 Å². The van der Waals surface area contributed by atoms with E-state index in [-0.39, 0.29) is 23.3 Å². The molecule has 25 heavy (non-hydrogen) atoms. The number of rotatable bonds is 2. The molecule has 0 bridgehead atoms. The van der Waals surface area contributed by atoms with Gasteiger partial charge < -0.3 is 0 Å². The molecule has 0 unspecified atom stereocenters. The summed E-state index contributed by atoms with van der Waals surface area (Å²) in [5.41, 5.74) is 2.20. The van der Waals surface area contributed by atoms with Crippen molar-refractivity contribution in [1.29, 1.82) is 0 Å². The topological polar surface area (TPSA) is 79.9 Å². The lowest BCUT2D eigenvalue weighted by molar-refractivity contribution is 0.463. The summed E-state index contributed by atoms with van der Waals surface area (Å²) in [6.07, 6.45) is 4.85. The van der Waals surface area contributed by atoms with Gasteiger partial charge in [-0.05, 0) is 23.8 Å². The smallest absolute Gasteiger partial charge is 0.244 e. The van der Waals surface area contributed by atoms with Crippen LogP contribution in [0, 0.1) is 0 Å². The number of aromatic nitrogens is 2. The fourth-order valence-electron chi connectivity index (χ4n) is 2.59. The SMILES string of the molecule is O=S1(=O)CCN2N=C(Cl)C=C(c3ccc(-n4cc(Cl)cn4)cc3)C2=N1. The van der Waals surface area contributed by atoms with E-state index >= 15 is 0 Å². The summed E-state index contributed by atoms with van der Waals surface area (Å²) in [6.45, 7) is 0.221. The van der Waals surface area contributed by atoms with Crippen molar-refractivity contribution in [1.82, 2.24) is 14.8 Å². The summed E-state index contributed by atoms with van der Waals surface area (Å²) in [7, 11) is -3.50. The number of sulfonamides is 1. The minimum atomic E-state index is -3.50. The van der Waals surface area contributed by atoms with Crippen LogP contribution in [0.25, 0.3) is 11.3 Å². The molecule has 0 N–H and O–H groups in total. The maximum absolute atomic E-state index is 11.9. The maximum Gasteiger partial charge on any atom is 0.256 e. The van der Waals surface area contributed by atoms with Crippen LogP contribution in [0.15, 0.2) is 52.2 Å². The zero-order valence-electron chi connectivity index (χ0n) is 12.7. The van der Waals surface area contributed by atoms with Gasteiger partial charge >= 0.3 is 0 Å². The Balaban J connectivity index is 1.75. The summed E-state index contributed by atoms with van der Waals surface area (Å²) in [5, 5.41) is 10.6. The third kappa shape index (κ3) is 3.20. The molecule has 0 fully saturated rings. The Labute approximate surface area is 153 Å². The minimum Gasteiger partial charge on any atom is -0.244 e. The van der Waals surface area contributed by atoms with E-state index in [1.165, 1.54) is 5.01 Å². The molecule has 10 heteroatoms. The van der Waals surface area contributed by atoms with Crippen LogP contribution in [0.5, 0.6) is 0 Å². The van der Waals surface area contributed by atoms with Crippen LogP contribution < -0.4 is 0 Å². The first-order valence-corrected chi connectivity index (χ1v) is 9.65. The number of halogens is 2. The summed E-state index contributed by atoms with van der Waals surface area (Å²) in [4.78, 5) is 0. The second-order valence-electron chi connectivity index (χ2n) is 5.45. The van der Waals surface area contributed by atoms with Crippen molar-refractivity contribution < 1.29 is 8.42 Å². The van der Waals surface area contributed by atoms with E-state index in [1.54, 1.807) is 23.2 Å². The molecule has 0 aliphatic carbocycles. The van der Waals surface area contributed by atoms with Crippen LogP contribution >= 0.6 is 23.2 Å². The minimum absolute atomic E-state index is 0.0869. The number of allylic oxidation sites excluding steroid dienone is 1. The molecule has 1 aromatic heterocycles. The third-order valence-electron chi connectivity index (χ3n) is 3.75. The molecule has 2 aromatic rings. The second kappa shape index (κ2) is 5.98. The van der Waals surface area contributed by atoms with E-state index in [2.05, 4.69) is 14.6 Å². The quantitative estimate of drug-likeness (QED) is 0.782. The fraction of sp³-hybridized carbons (Fsp3) is 0.133. The van der Waals surface area contributed by atoms with Crippen molar-refractivity contribution in [3.8, 4) is 5.69 Å². The van der Waals surface area contributed by atoms with Gasteiger partial charge in [-0.1, -0.05) is 35.3 Å². The van der Waals surface area contributed by atoms with Crippen molar-refractivity contribution in [2.45, 2.75) is 0 Å². The maximum atomic E-state index is 11.9. The van der Waals surface area contributed by atoms with Crippen LogP contribution in [-0.2, 0) is 10.0 Å². The molecule has 3 heterocycles. The zero-order chi connectivity index (χ0) is 17.6. The highest BCUT2D eigenvalue weighted by Gasteiger charge is 2.30. The molecule has 4 rings (SSSR count). The molecule has 0 saturated carbocycles. The number of nitrogens with zero attached hydrogens (tertiary/aromatic N) is 5. The lowest BCUT2D eigenvalue weighted by atomic mass is 10.0. The van der Waals surface area contributed by atoms with Crippen molar-refractivity contribution in [3.05, 3.63) is 53.3 Å². The molecule has 0 saturated heterocycles. The van der Waals surface area contributed by atoms with Crippen molar-refractivity contribution >= 4 is 49.8 Å². The van der Waals surface area contributed by atoms with Crippen LogP contribution in [0.1, 0.15) is 5.56 Å². The van der Waals surface area contributed by atoms with Gasteiger partial charge in [0.25, 0.3) is 10.0 Å². The van der Waals surface area contributed by atoms with Gasteiger partial charge in [0.15, 0.2) is 5.84 Å². The van der Waals surface area contributed by atoms with E-state index in [0.717, 1.165) is 11.3 Å². The van der Waals surface area contributed by atoms with Gasteiger partial charge in [0.05, 0.1) is 29.2 Å². The Hall–Kier alpha value is -2.16. The Morgan fingerprint density at radius 2 is 1.88 bits per heavy atom. The number of fused-ring (bicyclic) bond motifs is 1. The van der Waals surface area contributed by atoms with Gasteiger partial charge in [-0.15, -0.1) is 4.40 Å². The van der Waals surface area contributed by atoms with Crippen LogP contribution in [0.2, 0.25) is 5.02 Å². The standard InChI is InChI=1S/C15H11Cl2N5O2S/c16-11-8-18-22(9-11)12-3-1-10(2-4-12)13-7-14(17)19-21-5-6-25(23,24)20-15(13)21/h1-4,7-9H,5-6H2. The van der Waals surface area contributed by atoms with Crippen molar-refractivity contribution in [2.24, 2.45) is 9.50 Å². The number of hydrazone groups is 1. The van der Waals surface area contributed by atoms with E-state index in [9.17, 15) is 8.42 Å². The van der Waals surface area contributed by atoms with Crippen LogP contribution in [0.3, 0.4) is 0 Å². The molecular weight excluding hydrogens is 385 g/mol. The average Bonchev–Trinajstić information content (AvgIpc) is 3.01. The Morgan fingerprint density at radius 3 is 2.56 bits per heavy atom. The van der Waals surface area contributed by atoms with Crippen LogP contribution in [0.4, 0.5) is 0 Å². The van der Waals surface area contributed by atoms with E-state index in [0.29, 0.717) is 10.6 Å². The Kier molecular flexibility index (Phi) is 3.90. The predicted molar refractivity (Wildman–Crippen MR) is 97.8 cm³/mol. The summed E-state index contributed by atoms with van der Waals surface area (Å²) in [5.74, 6) is 0.196. The Morgan fingerprint density at radius 1 is 1.12 bits per heavy atom. The first-order valence-electron chi connectivity index (χ1n) is 7.29. The van der Waals surface area contributed by atoms with Gasteiger partial charge in [0, 0.05) is 11.8 Å². The fourth-order valence-corrected chi connectivity index (χ4v) is 3.88. The lowest BCUT2D eigenvalue weighted by Crippen LogP contribution is -2.38. The molecule has 7 nitrogen and oxygen atoms in total. The van der Waals surface area contributed by atoms with Crippen molar-refractivity contribution in [2.75, 3.05) is 12.3 Å². The summed E-state index contributed by atoms with van der Waals surface area (Å²) in [6, 6.07) is 7.38. The predicted octanol–water partition coefficient (Wildman–Crippen LogP) is 2.52. The van der Waals surface area contributed by atoms with Gasteiger partial charge in [-0.25, -0.2) is 18.1 Å². The first kappa shape index (κ1) is 16.3. The molecule has 0 atom stereocenters. The molecule has 0 spiro atoms. The number of benzene rings is 1. The summed E-state index contributed by atoms with van der Waals surface area (Å²) < 4.78 is 29.2. The van der Waals surface area contributed by atoms with E-state index in [4.69, 9.17) is 23.2 Å². The number of amidine groups is 1. The third-order valence-corrected chi connectivity index (χ3v) is 5.28. The Bertz CT molecular complexity index is 1040. The molecule has 128 valence electrons. The van der Waals surface area contributed by atoms with Gasteiger partial charge in [-0.3, -0.25) is 0 Å². The van der Waals surface area contributed by atoms with Crippen molar-refractivity contribution in [3.63, 3.8) is 0 Å². The van der Waals surface area contributed by atoms with E-state index in [1.807, 2.05) is 24.3 Å². The molecule has 0 radical (unpaired) electrons. The molecule has 0 amide bonds. The van der Waals surface area contributed by atoms with Gasteiger partial charge in [0.1, 0.15) is 5.17 Å². The van der Waals surface area contributed by atoms with Gasteiger partial charge in [0.2, 0.25) is 0 Å². The molecule has 2 aliphatic heterocycles. The highest BCUT2D eigenvalue weighted by Crippen LogP contribution is 2.27. The van der Waals surface area contributed by atoms with E-state index < -0.39 is 10.0 Å².